The molecule has 39 heavy (non-hydrogen) atoms. The highest BCUT2D eigenvalue weighted by molar-refractivity contribution is 7.69. The van der Waals surface area contributed by atoms with E-state index in [0.29, 0.717) is 35.4 Å². The van der Waals surface area contributed by atoms with Gasteiger partial charge in [-0.15, -0.1) is 0 Å². The number of likely N-dealkylation sites (N-methyl/N-ethyl adjacent to an activating group) is 1. The van der Waals surface area contributed by atoms with Crippen molar-refractivity contribution in [2.24, 2.45) is 4.36 Å². The van der Waals surface area contributed by atoms with E-state index >= 15 is 0 Å². The number of β-amino-alcohol motifs (C(OH)–C–C–N with tert-alkyl or cyclic N) is 1. The van der Waals surface area contributed by atoms with E-state index in [1.54, 1.807) is 36.3 Å². The summed E-state index contributed by atoms with van der Waals surface area (Å²) in [5.41, 5.74) is 1.99. The van der Waals surface area contributed by atoms with Crippen LogP contribution in [0.5, 0.6) is 5.75 Å². The molecule has 1 aliphatic rings. The van der Waals surface area contributed by atoms with Crippen molar-refractivity contribution >= 4 is 44.1 Å². The number of thiol groups is 1. The molecule has 3 atom stereocenters. The fraction of sp³-hybridized carbons (Fsp3) is 0.310. The lowest BCUT2D eigenvalue weighted by Crippen LogP contribution is -2.41. The summed E-state index contributed by atoms with van der Waals surface area (Å²) in [6.07, 6.45) is 2.00. The number of benzene rings is 3. The van der Waals surface area contributed by atoms with Gasteiger partial charge in [0.25, 0.3) is 5.91 Å². The molecule has 0 bridgehead atoms. The number of likely N-dealkylation sites (tertiary alicyclic amines) is 1. The lowest BCUT2D eigenvalue weighted by Gasteiger charge is -2.33. The average molecular weight is 549 g/mol. The second kappa shape index (κ2) is 12.1. The van der Waals surface area contributed by atoms with E-state index in [1.807, 2.05) is 24.3 Å². The predicted molar refractivity (Wildman–Crippen MR) is 152 cm³/mol. The van der Waals surface area contributed by atoms with Crippen LogP contribution in [0.2, 0.25) is 0 Å². The van der Waals surface area contributed by atoms with Crippen LogP contribution in [0, 0.1) is 0 Å². The summed E-state index contributed by atoms with van der Waals surface area (Å²) in [6.45, 7) is 1.80. The van der Waals surface area contributed by atoms with E-state index in [-0.39, 0.29) is 24.7 Å². The van der Waals surface area contributed by atoms with Gasteiger partial charge in [-0.3, -0.25) is 18.9 Å². The number of hydrogen-bond acceptors (Lipinski definition) is 8. The molecule has 1 N–H and O–H groups in total. The van der Waals surface area contributed by atoms with Crippen molar-refractivity contribution in [3.8, 4) is 5.75 Å². The van der Waals surface area contributed by atoms with E-state index < -0.39 is 10.9 Å². The highest BCUT2D eigenvalue weighted by Crippen LogP contribution is 2.33. The first kappa shape index (κ1) is 27.0. The van der Waals surface area contributed by atoms with Crippen molar-refractivity contribution in [3.63, 3.8) is 0 Å². The number of aliphatic hydroxyl groups excluding tert-OH is 1. The molecule has 204 valence electrons. The standard InChI is InChI=1S/C29H32N4O5S/c1-32(26(18-33-16-14-21(34)17-33)23-10-5-8-20-7-3-4-9-22(20)23)28(35)19-38-27-13-12-25(31-39(36)37-2)29-24(27)11-6-15-30-29/h3-13,15,21,26,34,39H,14,16-19H2,1-2H3/t21-,26?/m0/s1. The molecule has 4 aromatic rings. The fourth-order valence-corrected chi connectivity index (χ4v) is 5.49. The second-order valence-electron chi connectivity index (χ2n) is 9.58. The maximum atomic E-state index is 13.5. The Kier molecular flexibility index (Phi) is 8.37. The third-order valence-electron chi connectivity index (χ3n) is 7.13. The molecule has 9 nitrogen and oxygen atoms in total. The number of ether oxygens (including phenoxy) is 1. The van der Waals surface area contributed by atoms with E-state index in [0.717, 1.165) is 29.3 Å². The van der Waals surface area contributed by atoms with E-state index in [9.17, 15) is 14.1 Å². The van der Waals surface area contributed by atoms with Crippen LogP contribution < -0.4 is 4.74 Å². The molecule has 2 unspecified atom stereocenters. The Morgan fingerprint density at radius 3 is 2.74 bits per heavy atom. The summed E-state index contributed by atoms with van der Waals surface area (Å²) < 4.78 is 26.7. The summed E-state index contributed by atoms with van der Waals surface area (Å²) in [7, 11) is 0.925. The van der Waals surface area contributed by atoms with Crippen LogP contribution in [0.3, 0.4) is 0 Å². The molecule has 1 fully saturated rings. The Morgan fingerprint density at radius 2 is 1.95 bits per heavy atom. The first-order chi connectivity index (χ1) is 18.9. The van der Waals surface area contributed by atoms with Crippen molar-refractivity contribution in [2.75, 3.05) is 40.4 Å². The number of rotatable bonds is 9. The molecule has 1 amide bonds. The second-order valence-corrected chi connectivity index (χ2v) is 10.6. The van der Waals surface area contributed by atoms with Crippen molar-refractivity contribution < 1.29 is 23.0 Å². The van der Waals surface area contributed by atoms with Crippen LogP contribution in [0.25, 0.3) is 21.7 Å². The minimum absolute atomic E-state index is 0.173. The van der Waals surface area contributed by atoms with Crippen LogP contribution in [-0.2, 0) is 19.9 Å². The van der Waals surface area contributed by atoms with Crippen molar-refractivity contribution in [2.45, 2.75) is 18.6 Å². The summed E-state index contributed by atoms with van der Waals surface area (Å²) >= 11 is 0. The predicted octanol–water partition coefficient (Wildman–Crippen LogP) is 3.89. The van der Waals surface area contributed by atoms with Gasteiger partial charge in [0.05, 0.1) is 19.3 Å². The third-order valence-corrected chi connectivity index (χ3v) is 7.82. The normalized spacial score (nSPS) is 17.5. The number of nitrogens with zero attached hydrogens (tertiary/aromatic N) is 4. The lowest BCUT2D eigenvalue weighted by molar-refractivity contribution is -0.134. The molecule has 1 saturated heterocycles. The number of aliphatic hydroxyl groups is 1. The van der Waals surface area contributed by atoms with Crippen LogP contribution in [-0.4, -0.2) is 76.5 Å². The smallest absolute Gasteiger partial charge is 0.260 e. The minimum Gasteiger partial charge on any atom is -0.483 e. The number of amides is 1. The van der Waals surface area contributed by atoms with Crippen LogP contribution >= 0.6 is 0 Å². The summed E-state index contributed by atoms with van der Waals surface area (Å²) in [4.78, 5) is 21.8. The largest absolute Gasteiger partial charge is 0.483 e. The van der Waals surface area contributed by atoms with Crippen molar-refractivity contribution in [1.29, 1.82) is 0 Å². The molecule has 10 heteroatoms. The van der Waals surface area contributed by atoms with Crippen LogP contribution in [0.1, 0.15) is 18.0 Å². The number of pyridine rings is 1. The van der Waals surface area contributed by atoms with Crippen molar-refractivity contribution in [1.82, 2.24) is 14.8 Å². The summed E-state index contributed by atoms with van der Waals surface area (Å²) in [5, 5.41) is 13.0. The van der Waals surface area contributed by atoms with E-state index in [1.165, 1.54) is 7.11 Å². The Bertz CT molecular complexity index is 1570. The molecule has 5 rings (SSSR count). The molecule has 0 saturated carbocycles. The number of aromatic nitrogens is 1. The van der Waals surface area contributed by atoms with Gasteiger partial charge < -0.3 is 14.7 Å². The molecule has 2 heterocycles. The zero-order valence-electron chi connectivity index (χ0n) is 21.9. The Balaban J connectivity index is 1.40. The lowest BCUT2D eigenvalue weighted by atomic mass is 9.97. The zero-order valence-corrected chi connectivity index (χ0v) is 22.8. The highest BCUT2D eigenvalue weighted by Gasteiger charge is 2.29. The number of hydrogen-bond donors (Lipinski definition) is 2. The fourth-order valence-electron chi connectivity index (χ4n) is 5.08. The van der Waals surface area contributed by atoms with E-state index in [4.69, 9.17) is 8.92 Å². The molecule has 1 aliphatic heterocycles. The monoisotopic (exact) mass is 548 g/mol. The average Bonchev–Trinajstić information content (AvgIpc) is 3.39. The van der Waals surface area contributed by atoms with Gasteiger partial charge in [-0.1, -0.05) is 42.5 Å². The maximum Gasteiger partial charge on any atom is 0.260 e. The van der Waals surface area contributed by atoms with Gasteiger partial charge in [-0.25, -0.2) is 4.21 Å². The topological polar surface area (TPSA) is 105 Å². The molecule has 0 spiro atoms. The van der Waals surface area contributed by atoms with Crippen LogP contribution in [0.4, 0.5) is 5.69 Å². The van der Waals surface area contributed by atoms with Crippen LogP contribution in [0.15, 0.2) is 77.3 Å². The quantitative estimate of drug-likeness (QED) is 0.306. The first-order valence-electron chi connectivity index (χ1n) is 12.8. The van der Waals surface area contributed by atoms with Gasteiger partial charge in [0, 0.05) is 38.3 Å². The summed E-state index contributed by atoms with van der Waals surface area (Å²) in [6, 6.07) is 21.0. The number of fused-ring (bicyclic) bond motifs is 2. The third kappa shape index (κ3) is 6.04. The van der Waals surface area contributed by atoms with E-state index in [2.05, 4.69) is 38.5 Å². The molecule has 0 aliphatic carbocycles. The number of carbonyl (C=O) groups is 1. The maximum absolute atomic E-state index is 13.5. The highest BCUT2D eigenvalue weighted by atomic mass is 32.2. The van der Waals surface area contributed by atoms with Gasteiger partial charge in [0.15, 0.2) is 17.5 Å². The minimum atomic E-state index is -2.20. The molecule has 0 radical (unpaired) electrons. The zero-order chi connectivity index (χ0) is 27.4. The summed E-state index contributed by atoms with van der Waals surface area (Å²) in [5.74, 6) is 0.303. The molecular formula is C29H32N4O5S. The van der Waals surface area contributed by atoms with Gasteiger partial charge in [0.2, 0.25) is 0 Å². The molecular weight excluding hydrogens is 516 g/mol. The Morgan fingerprint density at radius 1 is 1.15 bits per heavy atom. The van der Waals surface area contributed by atoms with Gasteiger partial charge >= 0.3 is 0 Å². The SMILES string of the molecule is CO[SH](=O)=Nc1ccc(OCC(=O)N(C)C(CN2CC[C@H](O)C2)c2cccc3ccccc23)c2cccnc12. The first-order valence-corrected chi connectivity index (χ1v) is 13.9. The van der Waals surface area contributed by atoms with Gasteiger partial charge in [0.1, 0.15) is 17.0 Å². The number of carbonyl (C=O) groups excluding carboxylic acids is 1. The van der Waals surface area contributed by atoms with Crippen molar-refractivity contribution in [3.05, 3.63) is 78.5 Å². The molecule has 3 aromatic carbocycles. The Labute approximate surface area is 229 Å². The molecule has 1 aromatic heterocycles. The Hall–Kier alpha value is -3.57. The van der Waals surface area contributed by atoms with Gasteiger partial charge in [-0.05, 0) is 47.0 Å². The van der Waals surface area contributed by atoms with Gasteiger partial charge in [-0.2, -0.15) is 4.36 Å².